The van der Waals surface area contributed by atoms with Crippen LogP contribution in [0.4, 0.5) is 5.69 Å². The summed E-state index contributed by atoms with van der Waals surface area (Å²) in [5.41, 5.74) is 2.52. The van der Waals surface area contributed by atoms with Crippen LogP contribution in [0.25, 0.3) is 0 Å². The fraction of sp³-hybridized carbons (Fsp3) is 0.526. The van der Waals surface area contributed by atoms with Crippen LogP contribution >= 0.6 is 11.3 Å². The van der Waals surface area contributed by atoms with Crippen LogP contribution in [0.5, 0.6) is 0 Å². The molecule has 1 aromatic heterocycles. The number of hydrogen-bond donors (Lipinski definition) is 1. The summed E-state index contributed by atoms with van der Waals surface area (Å²) in [6.45, 7) is 13.0. The van der Waals surface area contributed by atoms with Crippen molar-refractivity contribution < 1.29 is 0 Å². The molecule has 0 spiro atoms. The Balaban J connectivity index is 1.42. The lowest BCUT2D eigenvalue weighted by Gasteiger charge is -2.39. The van der Waals surface area contributed by atoms with Crippen molar-refractivity contribution in [1.29, 1.82) is 0 Å². The van der Waals surface area contributed by atoms with Gasteiger partial charge in [-0.1, -0.05) is 18.2 Å². The molecule has 3 rings (SSSR count). The molecule has 1 N–H and O–H groups in total. The molecule has 1 fully saturated rings. The summed E-state index contributed by atoms with van der Waals surface area (Å²) in [7, 11) is 0. The lowest BCUT2D eigenvalue weighted by molar-refractivity contribution is 0.193. The van der Waals surface area contributed by atoms with Crippen LogP contribution in [0.15, 0.2) is 30.3 Å². The molecular weight excluding hydrogens is 316 g/mol. The summed E-state index contributed by atoms with van der Waals surface area (Å²) in [6, 6.07) is 11.3. The van der Waals surface area contributed by atoms with Crippen LogP contribution in [0.2, 0.25) is 0 Å². The first-order valence-corrected chi connectivity index (χ1v) is 9.63. The van der Waals surface area contributed by atoms with E-state index in [1.54, 1.807) is 11.3 Å². The number of nitrogens with one attached hydrogen (secondary N) is 1. The van der Waals surface area contributed by atoms with E-state index in [9.17, 15) is 0 Å². The number of thiazole rings is 1. The molecule has 24 heavy (non-hydrogen) atoms. The van der Waals surface area contributed by atoms with E-state index < -0.39 is 0 Å². The van der Waals surface area contributed by atoms with Gasteiger partial charge >= 0.3 is 0 Å². The summed E-state index contributed by atoms with van der Waals surface area (Å²) in [6.07, 6.45) is 0. The van der Waals surface area contributed by atoms with Gasteiger partial charge in [-0.2, -0.15) is 0 Å². The normalized spacial score (nSPS) is 17.2. The zero-order chi connectivity index (χ0) is 16.9. The first kappa shape index (κ1) is 17.4. The fourth-order valence-corrected chi connectivity index (χ4v) is 4.23. The van der Waals surface area contributed by atoms with Gasteiger partial charge in [0.15, 0.2) is 0 Å². The lowest BCUT2D eigenvalue weighted by Crippen LogP contribution is -2.51. The maximum atomic E-state index is 4.50. The molecule has 0 aliphatic carbocycles. The van der Waals surface area contributed by atoms with Crippen LogP contribution in [0, 0.1) is 13.8 Å². The third kappa shape index (κ3) is 4.35. The number of piperazine rings is 1. The van der Waals surface area contributed by atoms with E-state index in [2.05, 4.69) is 71.2 Å². The highest BCUT2D eigenvalue weighted by Gasteiger charge is 2.21. The third-order valence-electron chi connectivity index (χ3n) is 4.78. The predicted molar refractivity (Wildman–Crippen MR) is 103 cm³/mol. The Bertz CT molecular complexity index is 632. The zero-order valence-corrected chi connectivity index (χ0v) is 15.8. The van der Waals surface area contributed by atoms with Gasteiger partial charge in [-0.25, -0.2) is 4.98 Å². The average Bonchev–Trinajstić information content (AvgIpc) is 2.93. The van der Waals surface area contributed by atoms with Gasteiger partial charge in [0.05, 0.1) is 10.7 Å². The number of aromatic nitrogens is 1. The molecule has 1 aliphatic heterocycles. The Morgan fingerprint density at radius 1 is 1.12 bits per heavy atom. The minimum absolute atomic E-state index is 0.567. The van der Waals surface area contributed by atoms with Crippen molar-refractivity contribution in [3.05, 3.63) is 45.9 Å². The van der Waals surface area contributed by atoms with E-state index in [0.717, 1.165) is 44.3 Å². The Hall–Kier alpha value is -1.43. The second kappa shape index (κ2) is 8.10. The van der Waals surface area contributed by atoms with Crippen molar-refractivity contribution in [3.8, 4) is 0 Å². The van der Waals surface area contributed by atoms with E-state index in [1.165, 1.54) is 16.3 Å². The van der Waals surface area contributed by atoms with Crippen LogP contribution < -0.4 is 10.2 Å². The van der Waals surface area contributed by atoms with Gasteiger partial charge in [0.2, 0.25) is 0 Å². The Morgan fingerprint density at radius 2 is 1.83 bits per heavy atom. The number of aryl methyl sites for hydroxylation is 2. The number of rotatable bonds is 6. The standard InChI is InChI=1S/C19H28N4S/c1-15(13-20-14-19-16(2)21-17(3)24-19)22-9-11-23(12-10-22)18-7-5-4-6-8-18/h4-8,15,20H,9-14H2,1-3H3. The largest absolute Gasteiger partial charge is 0.369 e. The molecule has 2 heterocycles. The zero-order valence-electron chi connectivity index (χ0n) is 15.0. The Kier molecular flexibility index (Phi) is 5.87. The molecule has 130 valence electrons. The van der Waals surface area contributed by atoms with E-state index in [-0.39, 0.29) is 0 Å². The van der Waals surface area contributed by atoms with Gasteiger partial charge < -0.3 is 10.2 Å². The molecule has 1 saturated heterocycles. The Morgan fingerprint density at radius 3 is 2.46 bits per heavy atom. The maximum absolute atomic E-state index is 4.50. The molecule has 0 radical (unpaired) electrons. The van der Waals surface area contributed by atoms with Gasteiger partial charge in [0, 0.05) is 55.9 Å². The molecule has 4 nitrogen and oxygen atoms in total. The average molecular weight is 345 g/mol. The number of nitrogens with zero attached hydrogens (tertiary/aromatic N) is 3. The van der Waals surface area contributed by atoms with Crippen molar-refractivity contribution >= 4 is 17.0 Å². The van der Waals surface area contributed by atoms with Crippen molar-refractivity contribution in [3.63, 3.8) is 0 Å². The number of benzene rings is 1. The van der Waals surface area contributed by atoms with Crippen LogP contribution in [0.1, 0.15) is 22.5 Å². The second-order valence-corrected chi connectivity index (χ2v) is 7.87. The molecule has 0 amide bonds. The maximum Gasteiger partial charge on any atom is 0.0900 e. The topological polar surface area (TPSA) is 31.4 Å². The second-order valence-electron chi connectivity index (χ2n) is 6.58. The summed E-state index contributed by atoms with van der Waals surface area (Å²) in [5, 5.41) is 4.77. The molecule has 0 bridgehead atoms. The van der Waals surface area contributed by atoms with Gasteiger partial charge in [0.25, 0.3) is 0 Å². The molecule has 1 atom stereocenters. The Labute approximate surface area is 149 Å². The monoisotopic (exact) mass is 344 g/mol. The first-order valence-electron chi connectivity index (χ1n) is 8.81. The van der Waals surface area contributed by atoms with Crippen molar-refractivity contribution in [2.75, 3.05) is 37.6 Å². The minimum Gasteiger partial charge on any atom is -0.369 e. The van der Waals surface area contributed by atoms with E-state index in [1.807, 2.05) is 0 Å². The molecule has 1 aliphatic rings. The van der Waals surface area contributed by atoms with Crippen LogP contribution in [-0.4, -0.2) is 48.6 Å². The fourth-order valence-electron chi connectivity index (χ4n) is 3.32. The quantitative estimate of drug-likeness (QED) is 0.873. The summed E-state index contributed by atoms with van der Waals surface area (Å²) in [5.74, 6) is 0. The van der Waals surface area contributed by atoms with E-state index in [4.69, 9.17) is 0 Å². The molecule has 5 heteroatoms. The number of para-hydroxylation sites is 1. The summed E-state index contributed by atoms with van der Waals surface area (Å²) >= 11 is 1.81. The summed E-state index contributed by atoms with van der Waals surface area (Å²) < 4.78 is 0. The third-order valence-corrected chi connectivity index (χ3v) is 5.86. The van der Waals surface area contributed by atoms with Gasteiger partial charge in [-0.3, -0.25) is 4.90 Å². The van der Waals surface area contributed by atoms with Gasteiger partial charge in [-0.15, -0.1) is 11.3 Å². The van der Waals surface area contributed by atoms with E-state index >= 15 is 0 Å². The smallest absolute Gasteiger partial charge is 0.0900 e. The summed E-state index contributed by atoms with van der Waals surface area (Å²) in [4.78, 5) is 10.9. The number of anilines is 1. The van der Waals surface area contributed by atoms with Gasteiger partial charge in [-0.05, 0) is 32.9 Å². The molecule has 1 unspecified atom stereocenters. The molecule has 1 aromatic carbocycles. The van der Waals surface area contributed by atoms with Crippen molar-refractivity contribution in [2.24, 2.45) is 0 Å². The highest BCUT2D eigenvalue weighted by molar-refractivity contribution is 7.11. The molecular formula is C19H28N4S. The highest BCUT2D eigenvalue weighted by Crippen LogP contribution is 2.18. The van der Waals surface area contributed by atoms with Crippen LogP contribution in [0.3, 0.4) is 0 Å². The SMILES string of the molecule is Cc1nc(C)c(CNCC(C)N2CCN(c3ccccc3)CC2)s1. The van der Waals surface area contributed by atoms with Crippen molar-refractivity contribution in [1.82, 2.24) is 15.2 Å². The lowest BCUT2D eigenvalue weighted by atomic mass is 10.2. The number of hydrogen-bond acceptors (Lipinski definition) is 5. The predicted octanol–water partition coefficient (Wildman–Crippen LogP) is 3.06. The first-order chi connectivity index (χ1) is 11.6. The van der Waals surface area contributed by atoms with E-state index in [0.29, 0.717) is 6.04 Å². The molecule has 0 saturated carbocycles. The molecule has 2 aromatic rings. The van der Waals surface area contributed by atoms with Crippen LogP contribution in [-0.2, 0) is 6.54 Å². The highest BCUT2D eigenvalue weighted by atomic mass is 32.1. The van der Waals surface area contributed by atoms with Gasteiger partial charge in [0.1, 0.15) is 0 Å². The van der Waals surface area contributed by atoms with Crippen molar-refractivity contribution in [2.45, 2.75) is 33.4 Å². The minimum atomic E-state index is 0.567.